The Morgan fingerprint density at radius 3 is 2.48 bits per heavy atom. The molecular formula is C39H50N6O5. The Hall–Kier alpha value is -4.87. The average molecular weight is 683 g/mol. The van der Waals surface area contributed by atoms with E-state index in [1.807, 2.05) is 60.7 Å². The first kappa shape index (κ1) is 36.4. The van der Waals surface area contributed by atoms with Gasteiger partial charge in [0.15, 0.2) is 0 Å². The van der Waals surface area contributed by atoms with E-state index in [0.29, 0.717) is 37.1 Å². The largest absolute Gasteiger partial charge is 0.493 e. The van der Waals surface area contributed by atoms with E-state index in [0.717, 1.165) is 41.1 Å². The van der Waals surface area contributed by atoms with Crippen LogP contribution in [-0.2, 0) is 14.3 Å². The standard InChI is InChI=1S/C39H50N6O5/c1-29-13-10-18-34(30(29)2)35-28-37(50-39(47)42-31-14-6-4-7-15-31)45(24-19-36(46)40-20-26-48-3)38(43-35)41-32-16-11-17-33(27-32)49-25-12-23-44-21-8-5-9-22-44/h4,6-7,10-11,13-18,27-28,37H,5,8-9,12,19-26H2,1-3H3,(H,40,46)(H,41,43)(H,42,47). The Labute approximate surface area is 295 Å². The number of piperidine rings is 1. The fraction of sp³-hybridized carbons (Fsp3) is 0.410. The van der Waals surface area contributed by atoms with Gasteiger partial charge in [-0.3, -0.25) is 10.1 Å². The number of carbonyl (C=O) groups is 2. The summed E-state index contributed by atoms with van der Waals surface area (Å²) >= 11 is 0. The van der Waals surface area contributed by atoms with Crippen molar-refractivity contribution in [1.82, 2.24) is 15.1 Å². The maximum Gasteiger partial charge on any atom is 0.413 e. The minimum atomic E-state index is -0.880. The minimum absolute atomic E-state index is 0.136. The van der Waals surface area contributed by atoms with Gasteiger partial charge in [0.1, 0.15) is 5.75 Å². The third-order valence-corrected chi connectivity index (χ3v) is 8.87. The summed E-state index contributed by atoms with van der Waals surface area (Å²) in [5.41, 5.74) is 5.12. The number of aliphatic imine (C=N–C) groups is 1. The van der Waals surface area contributed by atoms with Gasteiger partial charge in [0.25, 0.3) is 0 Å². The van der Waals surface area contributed by atoms with Crippen LogP contribution in [-0.4, -0.2) is 87.0 Å². The number of amides is 2. The topological polar surface area (TPSA) is 117 Å². The molecule has 3 aromatic rings. The number of hydrogen-bond donors (Lipinski definition) is 3. The SMILES string of the molecule is COCCNC(=O)CCN1C(Nc2cccc(OCCCN3CCCCC3)c2)=NC(c2cccc(C)c2C)=CC1OC(=O)Nc1ccccc1. The number of methoxy groups -OCH3 is 1. The molecule has 0 spiro atoms. The fourth-order valence-corrected chi connectivity index (χ4v) is 6.01. The van der Waals surface area contributed by atoms with Crippen molar-refractivity contribution < 1.29 is 23.8 Å². The lowest BCUT2D eigenvalue weighted by atomic mass is 10.00. The molecule has 0 bridgehead atoms. The van der Waals surface area contributed by atoms with Crippen LogP contribution in [0.3, 0.4) is 0 Å². The molecule has 0 saturated carbocycles. The van der Waals surface area contributed by atoms with Crippen molar-refractivity contribution in [3.63, 3.8) is 0 Å². The lowest BCUT2D eigenvalue weighted by Gasteiger charge is -2.35. The van der Waals surface area contributed by atoms with Crippen molar-refractivity contribution in [3.05, 3.63) is 95.6 Å². The van der Waals surface area contributed by atoms with Gasteiger partial charge in [-0.25, -0.2) is 9.79 Å². The second-order valence-electron chi connectivity index (χ2n) is 12.6. The van der Waals surface area contributed by atoms with E-state index in [2.05, 4.69) is 40.8 Å². The number of nitrogens with zero attached hydrogens (tertiary/aromatic N) is 3. The normalized spacial score (nSPS) is 16.2. The third kappa shape index (κ3) is 10.8. The van der Waals surface area contributed by atoms with E-state index in [-0.39, 0.29) is 18.9 Å². The van der Waals surface area contributed by atoms with Crippen LogP contribution in [0.1, 0.15) is 48.8 Å². The zero-order valence-electron chi connectivity index (χ0n) is 29.5. The average Bonchev–Trinajstić information content (AvgIpc) is 3.12. The number of aryl methyl sites for hydroxylation is 1. The Morgan fingerprint density at radius 1 is 0.900 bits per heavy atom. The van der Waals surface area contributed by atoms with Crippen LogP contribution in [0.25, 0.3) is 5.70 Å². The van der Waals surface area contributed by atoms with Gasteiger partial charge in [-0.2, -0.15) is 0 Å². The van der Waals surface area contributed by atoms with Crippen molar-refractivity contribution in [2.75, 3.05) is 63.7 Å². The molecule has 2 heterocycles. The molecule has 2 amide bonds. The molecule has 1 atom stereocenters. The Bertz CT molecular complexity index is 1620. The summed E-state index contributed by atoms with van der Waals surface area (Å²) in [6, 6.07) is 22.9. The minimum Gasteiger partial charge on any atom is -0.493 e. The number of carbonyl (C=O) groups excluding carboxylic acids is 2. The molecule has 1 unspecified atom stereocenters. The molecule has 3 aromatic carbocycles. The quantitative estimate of drug-likeness (QED) is 0.158. The van der Waals surface area contributed by atoms with Crippen LogP contribution in [0, 0.1) is 13.8 Å². The Morgan fingerprint density at radius 2 is 1.68 bits per heavy atom. The van der Waals surface area contributed by atoms with E-state index in [4.69, 9.17) is 19.2 Å². The maximum absolute atomic E-state index is 13.3. The molecule has 266 valence electrons. The Kier molecular flexibility index (Phi) is 13.7. The number of anilines is 2. The molecule has 2 aliphatic heterocycles. The van der Waals surface area contributed by atoms with Crippen molar-refractivity contribution in [2.45, 2.75) is 52.2 Å². The molecule has 50 heavy (non-hydrogen) atoms. The number of ether oxygens (including phenoxy) is 3. The molecular weight excluding hydrogens is 632 g/mol. The van der Waals surface area contributed by atoms with Gasteiger partial charge < -0.3 is 34.6 Å². The summed E-state index contributed by atoms with van der Waals surface area (Å²) < 4.78 is 17.3. The number of guanidine groups is 1. The molecule has 0 aliphatic carbocycles. The molecule has 1 fully saturated rings. The monoisotopic (exact) mass is 682 g/mol. The van der Waals surface area contributed by atoms with Gasteiger partial charge in [-0.15, -0.1) is 0 Å². The number of nitrogens with one attached hydrogen (secondary N) is 3. The van der Waals surface area contributed by atoms with Crippen molar-refractivity contribution >= 4 is 35.0 Å². The Balaban J connectivity index is 1.38. The van der Waals surface area contributed by atoms with Crippen LogP contribution >= 0.6 is 0 Å². The lowest BCUT2D eigenvalue weighted by molar-refractivity contribution is -0.121. The van der Waals surface area contributed by atoms with Gasteiger partial charge in [-0.05, 0) is 81.6 Å². The summed E-state index contributed by atoms with van der Waals surface area (Å²) in [7, 11) is 1.59. The number of likely N-dealkylation sites (tertiary alicyclic amines) is 1. The van der Waals surface area contributed by atoms with E-state index >= 15 is 0 Å². The van der Waals surface area contributed by atoms with Gasteiger partial charge in [0.2, 0.25) is 18.1 Å². The summed E-state index contributed by atoms with van der Waals surface area (Å²) in [6.07, 6.45) is 5.28. The van der Waals surface area contributed by atoms with Gasteiger partial charge in [-0.1, -0.05) is 48.9 Å². The van der Waals surface area contributed by atoms with E-state index in [1.54, 1.807) is 24.1 Å². The second-order valence-corrected chi connectivity index (χ2v) is 12.6. The smallest absolute Gasteiger partial charge is 0.413 e. The number of para-hydroxylation sites is 1. The number of rotatable bonds is 15. The maximum atomic E-state index is 13.3. The number of hydrogen-bond acceptors (Lipinski definition) is 9. The third-order valence-electron chi connectivity index (χ3n) is 8.87. The summed E-state index contributed by atoms with van der Waals surface area (Å²) in [4.78, 5) is 35.5. The number of benzene rings is 3. The molecule has 0 radical (unpaired) electrons. The molecule has 3 N–H and O–H groups in total. The highest BCUT2D eigenvalue weighted by atomic mass is 16.6. The fourth-order valence-electron chi connectivity index (χ4n) is 6.01. The second kappa shape index (κ2) is 18.8. The van der Waals surface area contributed by atoms with Crippen LogP contribution < -0.4 is 20.7 Å². The first-order valence-corrected chi connectivity index (χ1v) is 17.5. The molecule has 0 aromatic heterocycles. The van der Waals surface area contributed by atoms with Gasteiger partial charge in [0, 0.05) is 62.2 Å². The van der Waals surface area contributed by atoms with Crippen LogP contribution in [0.15, 0.2) is 83.9 Å². The lowest BCUT2D eigenvalue weighted by Crippen LogP contribution is -2.49. The van der Waals surface area contributed by atoms with Crippen LogP contribution in [0.2, 0.25) is 0 Å². The van der Waals surface area contributed by atoms with Crippen molar-refractivity contribution in [1.29, 1.82) is 0 Å². The molecule has 1 saturated heterocycles. The summed E-state index contributed by atoms with van der Waals surface area (Å²) in [6.45, 7) is 9.13. The van der Waals surface area contributed by atoms with Crippen molar-refractivity contribution in [3.8, 4) is 5.75 Å². The van der Waals surface area contributed by atoms with Crippen LogP contribution in [0.5, 0.6) is 5.75 Å². The summed E-state index contributed by atoms with van der Waals surface area (Å²) in [5.74, 6) is 1.03. The highest BCUT2D eigenvalue weighted by Gasteiger charge is 2.30. The first-order valence-electron chi connectivity index (χ1n) is 17.5. The van der Waals surface area contributed by atoms with E-state index < -0.39 is 12.3 Å². The molecule has 11 nitrogen and oxygen atoms in total. The van der Waals surface area contributed by atoms with Gasteiger partial charge in [0.05, 0.1) is 18.9 Å². The van der Waals surface area contributed by atoms with Crippen LogP contribution in [0.4, 0.5) is 16.2 Å². The molecule has 2 aliphatic rings. The van der Waals surface area contributed by atoms with Gasteiger partial charge >= 0.3 is 6.09 Å². The highest BCUT2D eigenvalue weighted by Crippen LogP contribution is 2.29. The molecule has 5 rings (SSSR count). The van der Waals surface area contributed by atoms with E-state index in [1.165, 1.54) is 32.4 Å². The first-order chi connectivity index (χ1) is 24.4. The summed E-state index contributed by atoms with van der Waals surface area (Å²) in [5, 5.41) is 9.14. The van der Waals surface area contributed by atoms with E-state index in [9.17, 15) is 9.59 Å². The van der Waals surface area contributed by atoms with Crippen molar-refractivity contribution in [2.24, 2.45) is 4.99 Å². The predicted molar refractivity (Wildman–Crippen MR) is 198 cm³/mol. The highest BCUT2D eigenvalue weighted by molar-refractivity contribution is 5.99. The predicted octanol–water partition coefficient (Wildman–Crippen LogP) is 6.41. The zero-order chi connectivity index (χ0) is 35.1. The zero-order valence-corrected chi connectivity index (χ0v) is 29.5. The molecule has 11 heteroatoms.